The molecule has 0 saturated carbocycles. The number of rotatable bonds is 1. The molecule has 76 valence electrons. The van der Waals surface area contributed by atoms with E-state index in [0.717, 1.165) is 11.6 Å². The second kappa shape index (κ2) is 3.44. The molecule has 2 N–H and O–H groups in total. The summed E-state index contributed by atoms with van der Waals surface area (Å²) in [5.41, 5.74) is 9.52. The highest BCUT2D eigenvalue weighted by Crippen LogP contribution is 2.39. The average Bonchev–Trinajstić information content (AvgIpc) is 2.49. The minimum absolute atomic E-state index is 0.464. The molecule has 3 heteroatoms. The zero-order valence-electron chi connectivity index (χ0n) is 8.55. The van der Waals surface area contributed by atoms with Crippen molar-refractivity contribution in [3.8, 4) is 0 Å². The zero-order valence-corrected chi connectivity index (χ0v) is 9.30. The first-order valence-electron chi connectivity index (χ1n) is 4.85. The molecule has 0 aliphatic carbocycles. The standard InChI is InChI=1S/C11H15ClN2/c1-7-10(12)4-3-9-8(5-13)6-14(2)11(7)9/h3-4,8H,5-6,13H2,1-2H3. The van der Waals surface area contributed by atoms with Crippen LogP contribution in [0.5, 0.6) is 0 Å². The lowest BCUT2D eigenvalue weighted by Crippen LogP contribution is -2.20. The van der Waals surface area contributed by atoms with Gasteiger partial charge < -0.3 is 10.6 Å². The van der Waals surface area contributed by atoms with Crippen molar-refractivity contribution in [2.45, 2.75) is 12.8 Å². The van der Waals surface area contributed by atoms with Crippen LogP contribution in [0.1, 0.15) is 17.0 Å². The Labute approximate surface area is 89.7 Å². The molecule has 1 aliphatic rings. The smallest absolute Gasteiger partial charge is 0.0456 e. The van der Waals surface area contributed by atoms with Crippen LogP contribution in [-0.4, -0.2) is 20.1 Å². The quantitative estimate of drug-likeness (QED) is 0.770. The van der Waals surface area contributed by atoms with Crippen molar-refractivity contribution in [3.63, 3.8) is 0 Å². The SMILES string of the molecule is Cc1c(Cl)ccc2c1N(C)CC2CN. The Morgan fingerprint density at radius 1 is 1.57 bits per heavy atom. The van der Waals surface area contributed by atoms with Crippen LogP contribution in [0.4, 0.5) is 5.69 Å². The van der Waals surface area contributed by atoms with Crippen LogP contribution in [0.25, 0.3) is 0 Å². The maximum absolute atomic E-state index is 6.09. The minimum atomic E-state index is 0.464. The Morgan fingerprint density at radius 2 is 2.29 bits per heavy atom. The van der Waals surface area contributed by atoms with Gasteiger partial charge in [-0.2, -0.15) is 0 Å². The molecule has 1 aromatic rings. The topological polar surface area (TPSA) is 29.3 Å². The highest BCUT2D eigenvalue weighted by molar-refractivity contribution is 6.31. The Balaban J connectivity index is 2.56. The lowest BCUT2D eigenvalue weighted by Gasteiger charge is -2.15. The Bertz CT molecular complexity index is 363. The molecule has 1 aliphatic heterocycles. The number of hydrogen-bond acceptors (Lipinski definition) is 2. The molecular weight excluding hydrogens is 196 g/mol. The number of nitrogens with two attached hydrogens (primary N) is 1. The normalized spacial score (nSPS) is 20.0. The fourth-order valence-corrected chi connectivity index (χ4v) is 2.41. The van der Waals surface area contributed by atoms with Crippen molar-refractivity contribution in [2.75, 3.05) is 25.0 Å². The van der Waals surface area contributed by atoms with Crippen LogP contribution in [0, 0.1) is 6.92 Å². The minimum Gasteiger partial charge on any atom is -0.373 e. The van der Waals surface area contributed by atoms with Gasteiger partial charge in [0, 0.05) is 36.8 Å². The predicted molar refractivity (Wildman–Crippen MR) is 61.3 cm³/mol. The second-order valence-corrected chi connectivity index (χ2v) is 4.33. The molecule has 0 aromatic heterocycles. The van der Waals surface area contributed by atoms with Gasteiger partial charge in [-0.15, -0.1) is 0 Å². The van der Waals surface area contributed by atoms with Crippen LogP contribution in [-0.2, 0) is 0 Å². The Kier molecular flexibility index (Phi) is 2.41. The summed E-state index contributed by atoms with van der Waals surface area (Å²) in [6.07, 6.45) is 0. The summed E-state index contributed by atoms with van der Waals surface area (Å²) in [5.74, 6) is 0.464. The summed E-state index contributed by atoms with van der Waals surface area (Å²) >= 11 is 6.09. The van der Waals surface area contributed by atoms with Gasteiger partial charge in [-0.3, -0.25) is 0 Å². The molecule has 1 atom stereocenters. The molecule has 0 amide bonds. The predicted octanol–water partition coefficient (Wildman–Crippen LogP) is 2.14. The summed E-state index contributed by atoms with van der Waals surface area (Å²) in [5, 5.41) is 0.841. The summed E-state index contributed by atoms with van der Waals surface area (Å²) in [6.45, 7) is 3.78. The first-order valence-corrected chi connectivity index (χ1v) is 5.23. The summed E-state index contributed by atoms with van der Waals surface area (Å²) < 4.78 is 0. The third kappa shape index (κ3) is 1.30. The van der Waals surface area contributed by atoms with E-state index in [2.05, 4.69) is 24.9 Å². The maximum atomic E-state index is 6.09. The molecule has 2 rings (SSSR count). The van der Waals surface area contributed by atoms with E-state index >= 15 is 0 Å². The van der Waals surface area contributed by atoms with Gasteiger partial charge in [0.2, 0.25) is 0 Å². The van der Waals surface area contributed by atoms with E-state index in [1.165, 1.54) is 16.8 Å². The number of fused-ring (bicyclic) bond motifs is 1. The highest BCUT2D eigenvalue weighted by atomic mass is 35.5. The van der Waals surface area contributed by atoms with Crippen LogP contribution in [0.3, 0.4) is 0 Å². The fraction of sp³-hybridized carbons (Fsp3) is 0.455. The van der Waals surface area contributed by atoms with Crippen molar-refractivity contribution >= 4 is 17.3 Å². The first-order chi connectivity index (χ1) is 6.65. The number of halogens is 1. The molecule has 0 spiro atoms. The molecule has 0 bridgehead atoms. The number of hydrogen-bond donors (Lipinski definition) is 1. The molecule has 1 aromatic carbocycles. The van der Waals surface area contributed by atoms with Crippen molar-refractivity contribution in [2.24, 2.45) is 5.73 Å². The van der Waals surface area contributed by atoms with E-state index < -0.39 is 0 Å². The van der Waals surface area contributed by atoms with Crippen molar-refractivity contribution in [3.05, 3.63) is 28.3 Å². The third-order valence-corrected chi connectivity index (χ3v) is 3.41. The van der Waals surface area contributed by atoms with Gasteiger partial charge in [-0.1, -0.05) is 17.7 Å². The number of benzene rings is 1. The molecule has 0 saturated heterocycles. The fourth-order valence-electron chi connectivity index (χ4n) is 2.25. The molecule has 0 fully saturated rings. The summed E-state index contributed by atoms with van der Waals surface area (Å²) in [4.78, 5) is 2.24. The van der Waals surface area contributed by atoms with E-state index in [0.29, 0.717) is 12.5 Å². The van der Waals surface area contributed by atoms with Crippen LogP contribution in [0.15, 0.2) is 12.1 Å². The number of likely N-dealkylation sites (N-methyl/N-ethyl adjacent to an activating group) is 1. The monoisotopic (exact) mass is 210 g/mol. The van der Waals surface area contributed by atoms with Crippen molar-refractivity contribution in [1.82, 2.24) is 0 Å². The van der Waals surface area contributed by atoms with E-state index in [-0.39, 0.29) is 0 Å². The summed E-state index contributed by atoms with van der Waals surface area (Å²) in [7, 11) is 2.10. The second-order valence-electron chi connectivity index (χ2n) is 3.92. The van der Waals surface area contributed by atoms with E-state index in [1.54, 1.807) is 0 Å². The van der Waals surface area contributed by atoms with Crippen LogP contribution >= 0.6 is 11.6 Å². The number of nitrogens with zero attached hydrogens (tertiary/aromatic N) is 1. The first kappa shape index (κ1) is 9.81. The third-order valence-electron chi connectivity index (χ3n) is 3.00. The number of anilines is 1. The zero-order chi connectivity index (χ0) is 10.3. The Hall–Kier alpha value is -0.730. The van der Waals surface area contributed by atoms with Gasteiger partial charge in [-0.25, -0.2) is 0 Å². The molecule has 0 radical (unpaired) electrons. The lowest BCUT2D eigenvalue weighted by atomic mass is 10.00. The average molecular weight is 211 g/mol. The molecule has 14 heavy (non-hydrogen) atoms. The van der Waals surface area contributed by atoms with Gasteiger partial charge in [0.25, 0.3) is 0 Å². The Morgan fingerprint density at radius 3 is 2.93 bits per heavy atom. The maximum Gasteiger partial charge on any atom is 0.0456 e. The largest absolute Gasteiger partial charge is 0.373 e. The highest BCUT2D eigenvalue weighted by Gasteiger charge is 2.27. The van der Waals surface area contributed by atoms with E-state index in [9.17, 15) is 0 Å². The van der Waals surface area contributed by atoms with Crippen LogP contribution < -0.4 is 10.6 Å². The molecule has 1 unspecified atom stereocenters. The van der Waals surface area contributed by atoms with Gasteiger partial charge in [-0.05, 0) is 24.1 Å². The van der Waals surface area contributed by atoms with Gasteiger partial charge in [0.1, 0.15) is 0 Å². The summed E-state index contributed by atoms with van der Waals surface area (Å²) in [6, 6.07) is 4.07. The van der Waals surface area contributed by atoms with E-state index in [4.69, 9.17) is 17.3 Å². The van der Waals surface area contributed by atoms with Crippen LogP contribution in [0.2, 0.25) is 5.02 Å². The van der Waals surface area contributed by atoms with Crippen molar-refractivity contribution < 1.29 is 0 Å². The van der Waals surface area contributed by atoms with Gasteiger partial charge in [0.05, 0.1) is 0 Å². The van der Waals surface area contributed by atoms with Crippen molar-refractivity contribution in [1.29, 1.82) is 0 Å². The van der Waals surface area contributed by atoms with Gasteiger partial charge in [0.15, 0.2) is 0 Å². The molecule has 2 nitrogen and oxygen atoms in total. The molecular formula is C11H15ClN2. The van der Waals surface area contributed by atoms with Gasteiger partial charge >= 0.3 is 0 Å². The molecule has 1 heterocycles. The van der Waals surface area contributed by atoms with E-state index in [1.807, 2.05) is 6.07 Å². The lowest BCUT2D eigenvalue weighted by molar-refractivity contribution is 0.730.